The van der Waals surface area contributed by atoms with Gasteiger partial charge in [0.05, 0.1) is 35.5 Å². The first-order valence-electron chi connectivity index (χ1n) is 14.9. The van der Waals surface area contributed by atoms with Crippen molar-refractivity contribution in [3.8, 4) is 11.4 Å². The highest BCUT2D eigenvalue weighted by Crippen LogP contribution is 2.29. The number of carboxylic acid groups (broad SMARTS) is 1. The van der Waals surface area contributed by atoms with Gasteiger partial charge in [-0.05, 0) is 57.2 Å². The number of benzene rings is 2. The fourth-order valence-corrected chi connectivity index (χ4v) is 5.30. The van der Waals surface area contributed by atoms with Crippen molar-refractivity contribution in [2.45, 2.75) is 34.6 Å². The van der Waals surface area contributed by atoms with Crippen molar-refractivity contribution in [1.29, 1.82) is 0 Å². The van der Waals surface area contributed by atoms with E-state index in [1.54, 1.807) is 55.9 Å². The van der Waals surface area contributed by atoms with Crippen LogP contribution in [0.15, 0.2) is 63.7 Å². The Morgan fingerprint density at radius 1 is 0.846 bits per heavy atom. The van der Waals surface area contributed by atoms with Crippen molar-refractivity contribution in [1.82, 2.24) is 35.7 Å². The molecule has 0 atom stereocenters. The number of aldehydes is 1. The number of hydrogen-bond acceptors (Lipinski definition) is 13. The average Bonchev–Trinajstić information content (AvgIpc) is 3.64. The summed E-state index contributed by atoms with van der Waals surface area (Å²) in [5.74, 6) is -2.04. The van der Waals surface area contributed by atoms with Gasteiger partial charge in [0, 0.05) is 29.0 Å². The van der Waals surface area contributed by atoms with Crippen LogP contribution in [0.4, 0.5) is 5.82 Å². The zero-order chi connectivity index (χ0) is 37.8. The van der Waals surface area contributed by atoms with Crippen LogP contribution in [0.3, 0.4) is 0 Å². The third kappa shape index (κ3) is 9.98. The van der Waals surface area contributed by atoms with Crippen LogP contribution >= 0.6 is 31.9 Å². The van der Waals surface area contributed by atoms with Crippen LogP contribution in [0, 0.1) is 6.92 Å². The van der Waals surface area contributed by atoms with Crippen molar-refractivity contribution in [3.05, 3.63) is 86.4 Å². The predicted molar refractivity (Wildman–Crippen MR) is 195 cm³/mol. The molecule has 2 amide bonds. The lowest BCUT2D eigenvalue weighted by molar-refractivity contribution is -0.125. The number of carbonyl (C=O) groups is 6. The number of aromatic nitrogens is 6. The minimum Gasteiger partial charge on any atom is -0.483 e. The normalized spacial score (nSPS) is 9.98. The third-order valence-corrected chi connectivity index (χ3v) is 7.43. The van der Waals surface area contributed by atoms with Gasteiger partial charge in [-0.15, -0.1) is 0 Å². The summed E-state index contributed by atoms with van der Waals surface area (Å²) in [6, 6.07) is 14.4. The van der Waals surface area contributed by atoms with E-state index in [4.69, 9.17) is 19.4 Å². The van der Waals surface area contributed by atoms with Gasteiger partial charge in [0.1, 0.15) is 5.82 Å². The molecule has 3 heterocycles. The van der Waals surface area contributed by atoms with Gasteiger partial charge in [-0.2, -0.15) is 10.2 Å². The maximum absolute atomic E-state index is 12.2. The molecule has 274 valence electrons. The van der Waals surface area contributed by atoms with Crippen LogP contribution in [0.1, 0.15) is 64.9 Å². The van der Waals surface area contributed by atoms with E-state index in [2.05, 4.69) is 52.0 Å². The SMILES string of the molecule is CCOC(=O)c1nn(-c2cccc(Br)c2)c(N(C(C)=O)C(C)=O)c1C=O.CCOC(=O)c1nn(-c2cccc(Br)c2)c2nc(C)ncc12.N.O=CO. The second-order valence-electron chi connectivity index (χ2n) is 9.91. The van der Waals surface area contributed by atoms with Crippen LogP contribution in [0.2, 0.25) is 0 Å². The number of halogens is 2. The summed E-state index contributed by atoms with van der Waals surface area (Å²) in [6.45, 7) is 7.64. The molecule has 0 unspecified atom stereocenters. The zero-order valence-electron chi connectivity index (χ0n) is 28.6. The Hall–Kier alpha value is -5.66. The average molecular weight is 846 g/mol. The maximum atomic E-state index is 12.2. The molecule has 4 N–H and O–H groups in total. The van der Waals surface area contributed by atoms with Gasteiger partial charge in [0.2, 0.25) is 11.8 Å². The van der Waals surface area contributed by atoms with E-state index in [-0.39, 0.29) is 48.6 Å². The van der Waals surface area contributed by atoms with E-state index in [1.165, 1.54) is 18.5 Å². The van der Waals surface area contributed by atoms with E-state index >= 15 is 0 Å². The molecular weight excluding hydrogens is 812 g/mol. The monoisotopic (exact) mass is 844 g/mol. The van der Waals surface area contributed by atoms with E-state index in [0.29, 0.717) is 33.3 Å². The maximum Gasteiger partial charge on any atom is 0.359 e. The fourth-order valence-electron chi connectivity index (χ4n) is 4.53. The van der Waals surface area contributed by atoms with Gasteiger partial charge in [-0.3, -0.25) is 19.2 Å². The molecule has 0 spiro atoms. The number of imide groups is 1. The van der Waals surface area contributed by atoms with Crippen molar-refractivity contribution in [3.63, 3.8) is 0 Å². The Labute approximate surface area is 313 Å². The highest BCUT2D eigenvalue weighted by Gasteiger charge is 2.32. The summed E-state index contributed by atoms with van der Waals surface area (Å²) in [4.78, 5) is 77.8. The standard InChI is InChI=1S/C17H16BrN3O5.C15H13BrN4O2.CH2O2.H3N/c1-4-26-17(25)15-14(9-22)16(20(10(2)23)11(3)24)21(19-15)13-7-5-6-12(18)8-13;1-3-22-15(21)13-12-8-17-9(2)18-14(12)20(19-13)11-6-4-5-10(16)7-11;2-1-3;/h5-9H,4H2,1-3H3;4-8H,3H2,1-2H3;1H,(H,2,3);1H3. The predicted octanol–water partition coefficient (Wildman–Crippen LogP) is 5.45. The zero-order valence-corrected chi connectivity index (χ0v) is 31.7. The number of rotatable bonds is 8. The van der Waals surface area contributed by atoms with Gasteiger partial charge in [0.25, 0.3) is 6.47 Å². The molecule has 0 bridgehead atoms. The van der Waals surface area contributed by atoms with Crippen LogP contribution in [0.25, 0.3) is 22.4 Å². The first kappa shape index (κ1) is 42.5. The summed E-state index contributed by atoms with van der Waals surface area (Å²) in [5.41, 5.74) is 1.57. The largest absolute Gasteiger partial charge is 0.483 e. The van der Waals surface area contributed by atoms with E-state index in [0.717, 1.165) is 15.1 Å². The van der Waals surface area contributed by atoms with E-state index < -0.39 is 23.8 Å². The Kier molecular flexibility index (Phi) is 16.1. The highest BCUT2D eigenvalue weighted by atomic mass is 79.9. The van der Waals surface area contributed by atoms with Crippen molar-refractivity contribution in [2.24, 2.45) is 0 Å². The molecular formula is C33H34Br2N8O9. The van der Waals surface area contributed by atoms with Crippen LogP contribution < -0.4 is 11.1 Å². The number of nitrogens with zero attached hydrogens (tertiary/aromatic N) is 7. The first-order valence-corrected chi connectivity index (χ1v) is 16.5. The molecule has 3 aromatic heterocycles. The Balaban J connectivity index is 0.000000332. The lowest BCUT2D eigenvalue weighted by Gasteiger charge is -2.19. The minimum absolute atomic E-state index is 0. The molecule has 5 rings (SSSR count). The van der Waals surface area contributed by atoms with E-state index in [9.17, 15) is 24.0 Å². The molecule has 17 nitrogen and oxygen atoms in total. The van der Waals surface area contributed by atoms with Gasteiger partial charge >= 0.3 is 11.9 Å². The molecule has 0 radical (unpaired) electrons. The highest BCUT2D eigenvalue weighted by molar-refractivity contribution is 9.10. The fraction of sp³-hybridized carbons (Fsp3) is 0.212. The molecule has 0 saturated carbocycles. The molecule has 5 aromatic rings. The van der Waals surface area contributed by atoms with Crippen molar-refractivity contribution in [2.75, 3.05) is 18.1 Å². The Bertz CT molecular complexity index is 2080. The van der Waals surface area contributed by atoms with Crippen LogP contribution in [0.5, 0.6) is 0 Å². The van der Waals surface area contributed by atoms with Crippen LogP contribution in [-0.2, 0) is 23.9 Å². The minimum atomic E-state index is -0.823. The number of amides is 2. The molecule has 0 aliphatic rings. The number of esters is 2. The molecule has 2 aromatic carbocycles. The summed E-state index contributed by atoms with van der Waals surface area (Å²) >= 11 is 6.76. The molecule has 0 saturated heterocycles. The van der Waals surface area contributed by atoms with Gasteiger partial charge < -0.3 is 20.7 Å². The first-order chi connectivity index (χ1) is 24.3. The number of hydrogen-bond donors (Lipinski definition) is 2. The molecule has 0 aliphatic heterocycles. The summed E-state index contributed by atoms with van der Waals surface area (Å²) in [7, 11) is 0. The van der Waals surface area contributed by atoms with Gasteiger partial charge in [-0.25, -0.2) is 33.8 Å². The third-order valence-electron chi connectivity index (χ3n) is 6.44. The molecule has 19 heteroatoms. The number of fused-ring (bicyclic) bond motifs is 1. The van der Waals surface area contributed by atoms with Crippen molar-refractivity contribution >= 4 is 85.2 Å². The summed E-state index contributed by atoms with van der Waals surface area (Å²) in [5, 5.41) is 16.0. The second-order valence-corrected chi connectivity index (χ2v) is 11.7. The molecule has 0 aliphatic carbocycles. The number of anilines is 1. The molecule has 52 heavy (non-hydrogen) atoms. The number of carbonyl (C=O) groups excluding carboxylic acids is 5. The number of ether oxygens (including phenoxy) is 2. The summed E-state index contributed by atoms with van der Waals surface area (Å²) in [6.07, 6.45) is 1.98. The van der Waals surface area contributed by atoms with Crippen molar-refractivity contribution < 1.29 is 43.3 Å². The quantitative estimate of drug-likeness (QED) is 0.146. The molecule has 0 fully saturated rings. The lowest BCUT2D eigenvalue weighted by atomic mass is 10.2. The smallest absolute Gasteiger partial charge is 0.359 e. The van der Waals surface area contributed by atoms with Gasteiger partial charge in [-0.1, -0.05) is 44.0 Å². The van der Waals surface area contributed by atoms with Gasteiger partial charge in [0.15, 0.2) is 29.1 Å². The Morgan fingerprint density at radius 3 is 1.79 bits per heavy atom. The Morgan fingerprint density at radius 2 is 1.33 bits per heavy atom. The number of aryl methyl sites for hydroxylation is 1. The summed E-state index contributed by atoms with van der Waals surface area (Å²) < 4.78 is 14.4. The van der Waals surface area contributed by atoms with Crippen LogP contribution in [-0.4, -0.2) is 84.4 Å². The van der Waals surface area contributed by atoms with E-state index in [1.807, 2.05) is 24.3 Å². The lowest BCUT2D eigenvalue weighted by Crippen LogP contribution is -2.35. The second kappa shape index (κ2) is 19.7. The topological polar surface area (TPSA) is 241 Å².